The van der Waals surface area contributed by atoms with Gasteiger partial charge in [-0.05, 0) is 27.7 Å². The third-order valence-corrected chi connectivity index (χ3v) is 3.98. The Labute approximate surface area is 116 Å². The van der Waals surface area contributed by atoms with Crippen LogP contribution in [0.3, 0.4) is 0 Å². The molecule has 98 valence electrons. The molecule has 1 aromatic heterocycles. The fourth-order valence-electron chi connectivity index (χ4n) is 1.44. The Kier molecular flexibility index (Phi) is 2.18. The lowest BCUT2D eigenvalue weighted by atomic mass is 9.86. The smallest absolute Gasteiger partial charge is 0.464 e. The van der Waals surface area contributed by atoms with Crippen molar-refractivity contribution in [3.63, 3.8) is 0 Å². The van der Waals surface area contributed by atoms with Crippen LogP contribution < -0.4 is 5.59 Å². The lowest BCUT2D eigenvalue weighted by Crippen LogP contribution is -2.41. The molecule has 2 rings (SSSR count). The Morgan fingerprint density at radius 2 is 2.11 bits per heavy atom. The van der Waals surface area contributed by atoms with E-state index in [1.54, 1.807) is 0 Å². The summed E-state index contributed by atoms with van der Waals surface area (Å²) < 4.78 is 44.4. The molecule has 0 aliphatic carbocycles. The fraction of sp³-hybridized carbons (Fsp3) is 0.636. The minimum Gasteiger partial charge on any atom is -0.464 e. The molecule has 0 saturated carbocycles. The van der Waals surface area contributed by atoms with Crippen LogP contribution in [0.1, 0.15) is 43.0 Å². The quantitative estimate of drug-likeness (QED) is 0.599. The van der Waals surface area contributed by atoms with Gasteiger partial charge in [0.25, 0.3) is 0 Å². The van der Waals surface area contributed by atoms with Gasteiger partial charge in [-0.2, -0.15) is 0 Å². The summed E-state index contributed by atoms with van der Waals surface area (Å²) in [6.07, 6.45) is 0. The van der Waals surface area contributed by atoms with E-state index >= 15 is 0 Å². The average molecular weight is 273 g/mol. The van der Waals surface area contributed by atoms with Crippen LogP contribution in [0.5, 0.6) is 0 Å². The number of hydrogen-bond acceptors (Lipinski definition) is 6. The molecule has 0 bridgehead atoms. The van der Waals surface area contributed by atoms with Crippen LogP contribution in [0.4, 0.5) is 0 Å². The van der Waals surface area contributed by atoms with Crippen LogP contribution in [-0.2, 0) is 14.0 Å². The Morgan fingerprint density at radius 1 is 1.50 bits per heavy atom. The van der Waals surface area contributed by atoms with Crippen LogP contribution in [-0.4, -0.2) is 36.3 Å². The molecule has 0 atom stereocenters. The molecule has 5 nitrogen and oxygen atoms in total. The number of nitrogens with zero attached hydrogens (tertiary/aromatic N) is 1. The zero-order chi connectivity index (χ0) is 16.9. The topological polar surface area (TPSA) is 57.7 Å². The van der Waals surface area contributed by atoms with Gasteiger partial charge in [-0.15, -0.1) is 11.3 Å². The lowest BCUT2D eigenvalue weighted by molar-refractivity contribution is 0.00578. The van der Waals surface area contributed by atoms with E-state index in [1.165, 1.54) is 0 Å². The molecule has 7 heteroatoms. The third kappa shape index (κ3) is 2.18. The molecule has 0 N–H and O–H groups in total. The number of hydrogen-bond donors (Lipinski definition) is 0. The maximum Gasteiger partial charge on any atom is 0.515 e. The van der Waals surface area contributed by atoms with Crippen molar-refractivity contribution in [1.82, 2.24) is 4.98 Å². The summed E-state index contributed by atoms with van der Waals surface area (Å²) in [6.45, 7) is 7.42. The van der Waals surface area contributed by atoms with Gasteiger partial charge in [0.1, 0.15) is 0 Å². The maximum absolute atomic E-state index is 11.7. The highest BCUT2D eigenvalue weighted by Gasteiger charge is 2.52. The van der Waals surface area contributed by atoms with Crippen molar-refractivity contribution in [1.29, 1.82) is 0 Å². The molecule has 1 saturated heterocycles. The number of esters is 1. The third-order valence-electron chi connectivity index (χ3n) is 3.22. The van der Waals surface area contributed by atoms with Crippen LogP contribution in [0, 0.1) is 0 Å². The van der Waals surface area contributed by atoms with E-state index in [0.29, 0.717) is 0 Å². The van der Waals surface area contributed by atoms with Crippen LogP contribution in [0.15, 0.2) is 5.36 Å². The molecule has 18 heavy (non-hydrogen) atoms. The van der Waals surface area contributed by atoms with Crippen molar-refractivity contribution in [2.24, 2.45) is 0 Å². The average Bonchev–Trinajstić information content (AvgIpc) is 2.75. The Hall–Kier alpha value is -0.915. The van der Waals surface area contributed by atoms with Crippen molar-refractivity contribution in [3.8, 4) is 0 Å². The molecule has 0 radical (unpaired) electrons. The summed E-state index contributed by atoms with van der Waals surface area (Å²) in [5.41, 5.74) is -1.07. The molecule has 1 aromatic rings. The Morgan fingerprint density at radius 3 is 2.67 bits per heavy atom. The van der Waals surface area contributed by atoms with Gasteiger partial charge in [-0.25, -0.2) is 9.78 Å². The molecule has 1 aliphatic rings. The number of rotatable bonds is 2. The van der Waals surface area contributed by atoms with Crippen molar-refractivity contribution >= 4 is 30.0 Å². The molecule has 0 aromatic carbocycles. The predicted octanol–water partition coefficient (Wildman–Crippen LogP) is 1.23. The second-order valence-corrected chi connectivity index (χ2v) is 5.78. The molecule has 1 aliphatic heterocycles. The first-order chi connectivity index (χ1) is 9.82. The van der Waals surface area contributed by atoms with Gasteiger partial charge in [0.15, 0.2) is 0 Å². The number of methoxy groups -OCH3 is 1. The molecule has 2 heterocycles. The van der Waals surface area contributed by atoms with E-state index in [9.17, 15) is 4.79 Å². The van der Waals surface area contributed by atoms with E-state index in [2.05, 4.69) is 9.72 Å². The maximum atomic E-state index is 11.7. The minimum atomic E-state index is -2.85. The molecule has 1 fully saturated rings. The highest BCUT2D eigenvalue weighted by atomic mass is 32.1. The van der Waals surface area contributed by atoms with Gasteiger partial charge in [-0.3, -0.25) is 0 Å². The summed E-state index contributed by atoms with van der Waals surface area (Å²) in [7, 11) is -3.74. The molecular weight excluding hydrogens is 253 g/mol. The van der Waals surface area contributed by atoms with Gasteiger partial charge in [0, 0.05) is 5.36 Å². The van der Waals surface area contributed by atoms with Gasteiger partial charge in [0.2, 0.25) is 5.01 Å². The summed E-state index contributed by atoms with van der Waals surface area (Å²) in [6, 6.07) is 0. The molecule has 0 spiro atoms. The summed E-state index contributed by atoms with van der Waals surface area (Å²) >= 11 is 0.721. The van der Waals surface area contributed by atoms with Crippen LogP contribution in [0.25, 0.3) is 0 Å². The lowest BCUT2D eigenvalue weighted by Gasteiger charge is -2.32. The Bertz CT molecular complexity index is 585. The van der Waals surface area contributed by atoms with Crippen molar-refractivity contribution in [2.45, 2.75) is 38.9 Å². The highest BCUT2D eigenvalue weighted by Crippen LogP contribution is 2.36. The summed E-state index contributed by atoms with van der Waals surface area (Å²) in [5, 5.41) is -0.248. The second-order valence-electron chi connectivity index (χ2n) is 4.98. The zero-order valence-electron chi connectivity index (χ0n) is 14.6. The first-order valence-corrected chi connectivity index (χ1v) is 6.20. The van der Waals surface area contributed by atoms with Gasteiger partial charge >= 0.3 is 13.1 Å². The standard InChI is InChI=1S/C11H16BNO4S/c1-10(2)11(3,4)17-12(16-10)7-6-18-8(13-7)9(14)15-5/h6H,1-5H3/i5D3,6D. The fourth-order valence-corrected chi connectivity index (χ4v) is 2.05. The van der Waals surface area contributed by atoms with Crippen LogP contribution >= 0.6 is 11.3 Å². The van der Waals surface area contributed by atoms with Crippen molar-refractivity contribution < 1.29 is 24.3 Å². The number of aromatic nitrogens is 1. The zero-order valence-corrected chi connectivity index (χ0v) is 11.4. The SMILES string of the molecule is [2H]c1sc(C(=O)OC([2H])([2H])[2H])nc1B1OC(C)(C)C(C)(C)O1. The number of carbonyl (C=O) groups is 1. The highest BCUT2D eigenvalue weighted by molar-refractivity contribution is 7.12. The monoisotopic (exact) mass is 273 g/mol. The van der Waals surface area contributed by atoms with Crippen LogP contribution in [0.2, 0.25) is 0 Å². The van der Waals surface area contributed by atoms with Gasteiger partial charge in [-0.1, -0.05) is 0 Å². The minimum absolute atomic E-state index is 0.0315. The number of ether oxygens (including phenoxy) is 1. The second kappa shape index (κ2) is 4.33. The summed E-state index contributed by atoms with van der Waals surface area (Å²) in [4.78, 5) is 15.7. The van der Waals surface area contributed by atoms with Crippen molar-refractivity contribution in [3.05, 3.63) is 10.4 Å². The van der Waals surface area contributed by atoms with E-state index in [4.69, 9.17) is 14.8 Å². The largest absolute Gasteiger partial charge is 0.515 e. The first-order valence-electron chi connectivity index (χ1n) is 7.39. The molecule has 0 unspecified atom stereocenters. The first kappa shape index (κ1) is 9.06. The van der Waals surface area contributed by atoms with E-state index in [0.717, 1.165) is 11.3 Å². The van der Waals surface area contributed by atoms with E-state index < -0.39 is 31.3 Å². The predicted molar refractivity (Wildman–Crippen MR) is 69.2 cm³/mol. The van der Waals surface area contributed by atoms with E-state index in [1.807, 2.05) is 27.7 Å². The Balaban J connectivity index is 2.23. The number of thiazole rings is 1. The van der Waals surface area contributed by atoms with Crippen molar-refractivity contribution in [2.75, 3.05) is 7.04 Å². The number of carbonyl (C=O) groups excluding carboxylic acids is 1. The molecule has 0 amide bonds. The molecular formula is C11H16BNO4S. The summed E-state index contributed by atoms with van der Waals surface area (Å²) in [5.74, 6) is -1.10. The van der Waals surface area contributed by atoms with Gasteiger partial charge in [0.05, 0.1) is 29.3 Å². The normalized spacial score (nSPS) is 25.0. The van der Waals surface area contributed by atoms with Gasteiger partial charge < -0.3 is 14.0 Å². The van der Waals surface area contributed by atoms with E-state index in [-0.39, 0.29) is 16.0 Å².